The Morgan fingerprint density at radius 1 is 1.20 bits per heavy atom. The van der Waals surface area contributed by atoms with Crippen LogP contribution in [-0.4, -0.2) is 60.7 Å². The van der Waals surface area contributed by atoms with Crippen molar-refractivity contribution in [3.63, 3.8) is 0 Å². The second kappa shape index (κ2) is 6.24. The van der Waals surface area contributed by atoms with Crippen molar-refractivity contribution >= 4 is 18.2 Å². The number of nitrogens with zero attached hydrogens (tertiary/aromatic N) is 2. The van der Waals surface area contributed by atoms with E-state index in [1.54, 1.807) is 9.80 Å². The Hall–Kier alpha value is -1.59. The highest BCUT2D eigenvalue weighted by molar-refractivity contribution is 5.92. The highest BCUT2D eigenvalue weighted by Crippen LogP contribution is 2.40. The van der Waals surface area contributed by atoms with E-state index in [0.29, 0.717) is 45.1 Å². The molecule has 2 atom stereocenters. The molecule has 0 radical (unpaired) electrons. The van der Waals surface area contributed by atoms with Crippen LogP contribution < -0.4 is 5.32 Å². The van der Waals surface area contributed by atoms with Gasteiger partial charge in [-0.15, -0.1) is 0 Å². The van der Waals surface area contributed by atoms with Crippen molar-refractivity contribution in [2.24, 2.45) is 17.8 Å². The van der Waals surface area contributed by atoms with Crippen LogP contribution in [0.15, 0.2) is 0 Å². The molecule has 2 unspecified atom stereocenters. The van der Waals surface area contributed by atoms with Crippen molar-refractivity contribution < 1.29 is 14.4 Å². The van der Waals surface area contributed by atoms with Gasteiger partial charge in [0, 0.05) is 32.7 Å². The summed E-state index contributed by atoms with van der Waals surface area (Å²) in [5, 5.41) is 2.88. The summed E-state index contributed by atoms with van der Waals surface area (Å²) >= 11 is 0. The highest BCUT2D eigenvalue weighted by Gasteiger charge is 2.49. The Balaban J connectivity index is 1.75. The summed E-state index contributed by atoms with van der Waals surface area (Å²) in [7, 11) is 0. The molecule has 0 aromatic heterocycles. The van der Waals surface area contributed by atoms with Gasteiger partial charge in [0.25, 0.3) is 0 Å². The van der Waals surface area contributed by atoms with E-state index in [0.717, 1.165) is 6.41 Å². The molecule has 1 aliphatic heterocycles. The molecule has 0 bridgehead atoms. The van der Waals surface area contributed by atoms with E-state index in [-0.39, 0.29) is 23.7 Å². The number of amides is 3. The molecule has 2 rings (SSSR count). The number of carbonyl (C=O) groups is 3. The van der Waals surface area contributed by atoms with Crippen molar-refractivity contribution in [1.29, 1.82) is 0 Å². The molecule has 0 spiro atoms. The van der Waals surface area contributed by atoms with Crippen molar-refractivity contribution in [1.82, 2.24) is 15.1 Å². The first-order valence-corrected chi connectivity index (χ1v) is 7.28. The molecule has 1 saturated heterocycles. The molecule has 6 nitrogen and oxygen atoms in total. The van der Waals surface area contributed by atoms with Gasteiger partial charge in [0.2, 0.25) is 18.2 Å². The molecule has 1 saturated carbocycles. The fourth-order valence-corrected chi connectivity index (χ4v) is 2.48. The van der Waals surface area contributed by atoms with E-state index in [1.165, 1.54) is 0 Å². The Morgan fingerprint density at radius 2 is 1.85 bits per heavy atom. The normalized spacial score (nSPS) is 25.6. The molecule has 1 N–H and O–H groups in total. The second-order valence-corrected chi connectivity index (χ2v) is 6.05. The van der Waals surface area contributed by atoms with Crippen LogP contribution in [0.25, 0.3) is 0 Å². The fourth-order valence-electron chi connectivity index (χ4n) is 2.48. The molecule has 2 aliphatic rings. The van der Waals surface area contributed by atoms with Gasteiger partial charge in [-0.25, -0.2) is 0 Å². The summed E-state index contributed by atoms with van der Waals surface area (Å²) in [5.41, 5.74) is 0. The number of nitrogens with one attached hydrogen (secondary N) is 1. The first kappa shape index (κ1) is 14.8. The van der Waals surface area contributed by atoms with Crippen LogP contribution in [0.3, 0.4) is 0 Å². The minimum absolute atomic E-state index is 0.00331. The Labute approximate surface area is 119 Å². The quantitative estimate of drug-likeness (QED) is 0.703. The summed E-state index contributed by atoms with van der Waals surface area (Å²) in [6.45, 7) is 7.08. The van der Waals surface area contributed by atoms with E-state index in [4.69, 9.17) is 0 Å². The first-order valence-electron chi connectivity index (χ1n) is 7.28. The van der Waals surface area contributed by atoms with Crippen molar-refractivity contribution in [3.05, 3.63) is 0 Å². The lowest BCUT2D eigenvalue weighted by atomic mass is 10.2. The molecular formula is C14H23N3O3. The largest absolute Gasteiger partial charge is 0.356 e. The molecule has 1 aliphatic carbocycles. The van der Waals surface area contributed by atoms with Crippen molar-refractivity contribution in [2.75, 3.05) is 32.7 Å². The molecule has 0 aromatic carbocycles. The molecule has 2 fully saturated rings. The maximum atomic E-state index is 12.2. The number of rotatable bonds is 5. The Morgan fingerprint density at radius 3 is 2.40 bits per heavy atom. The molecule has 3 amide bonds. The second-order valence-electron chi connectivity index (χ2n) is 6.05. The van der Waals surface area contributed by atoms with E-state index in [1.807, 2.05) is 13.8 Å². The topological polar surface area (TPSA) is 69.7 Å². The predicted molar refractivity (Wildman–Crippen MR) is 73.7 cm³/mol. The molecule has 6 heteroatoms. The minimum Gasteiger partial charge on any atom is -0.356 e. The van der Waals surface area contributed by atoms with Crippen LogP contribution in [-0.2, 0) is 14.4 Å². The van der Waals surface area contributed by atoms with Crippen LogP contribution >= 0.6 is 0 Å². The smallest absolute Gasteiger partial charge is 0.226 e. The SMILES string of the molecule is CC(C)CNC(=O)C1CC1C(=O)N1CCN(C=O)CC1. The van der Waals surface area contributed by atoms with Crippen LogP contribution in [0.1, 0.15) is 20.3 Å². The zero-order chi connectivity index (χ0) is 14.7. The third-order valence-corrected chi connectivity index (χ3v) is 3.90. The Bertz CT molecular complexity index is 389. The average molecular weight is 281 g/mol. The van der Waals surface area contributed by atoms with E-state index in [2.05, 4.69) is 5.32 Å². The molecule has 112 valence electrons. The number of piperazine rings is 1. The monoisotopic (exact) mass is 281 g/mol. The van der Waals surface area contributed by atoms with Gasteiger partial charge in [-0.1, -0.05) is 13.8 Å². The molecule has 0 aromatic rings. The van der Waals surface area contributed by atoms with Gasteiger partial charge in [0.15, 0.2) is 0 Å². The van der Waals surface area contributed by atoms with Gasteiger partial charge in [-0.3, -0.25) is 14.4 Å². The zero-order valence-corrected chi connectivity index (χ0v) is 12.2. The average Bonchev–Trinajstić information content (AvgIpc) is 3.24. The van der Waals surface area contributed by atoms with Gasteiger partial charge in [-0.2, -0.15) is 0 Å². The van der Waals surface area contributed by atoms with E-state index < -0.39 is 0 Å². The summed E-state index contributed by atoms with van der Waals surface area (Å²) in [4.78, 5) is 38.2. The lowest BCUT2D eigenvalue weighted by Gasteiger charge is -2.32. The summed E-state index contributed by atoms with van der Waals surface area (Å²) < 4.78 is 0. The molecule has 20 heavy (non-hydrogen) atoms. The van der Waals surface area contributed by atoms with Gasteiger partial charge >= 0.3 is 0 Å². The number of hydrogen-bond donors (Lipinski definition) is 1. The van der Waals surface area contributed by atoms with Crippen LogP contribution in [0.4, 0.5) is 0 Å². The van der Waals surface area contributed by atoms with Crippen molar-refractivity contribution in [3.8, 4) is 0 Å². The third kappa shape index (κ3) is 3.49. The highest BCUT2D eigenvalue weighted by atomic mass is 16.2. The van der Waals surface area contributed by atoms with Gasteiger partial charge in [0.05, 0.1) is 11.8 Å². The zero-order valence-electron chi connectivity index (χ0n) is 12.2. The van der Waals surface area contributed by atoms with E-state index in [9.17, 15) is 14.4 Å². The maximum absolute atomic E-state index is 12.2. The molecular weight excluding hydrogens is 258 g/mol. The summed E-state index contributed by atoms with van der Waals surface area (Å²) in [6, 6.07) is 0. The van der Waals surface area contributed by atoms with E-state index >= 15 is 0 Å². The van der Waals surface area contributed by atoms with Gasteiger partial charge < -0.3 is 15.1 Å². The number of carbonyl (C=O) groups excluding carboxylic acids is 3. The lowest BCUT2D eigenvalue weighted by Crippen LogP contribution is -2.49. The predicted octanol–water partition coefficient (Wildman–Crippen LogP) is -0.305. The van der Waals surface area contributed by atoms with Crippen molar-refractivity contribution in [2.45, 2.75) is 20.3 Å². The number of hydrogen-bond acceptors (Lipinski definition) is 3. The maximum Gasteiger partial charge on any atom is 0.226 e. The first-order chi connectivity index (χ1) is 9.52. The van der Waals surface area contributed by atoms with Crippen LogP contribution in [0, 0.1) is 17.8 Å². The lowest BCUT2D eigenvalue weighted by molar-refractivity contribution is -0.137. The van der Waals surface area contributed by atoms with Gasteiger partial charge in [-0.05, 0) is 12.3 Å². The fraction of sp³-hybridized carbons (Fsp3) is 0.786. The van der Waals surface area contributed by atoms with Gasteiger partial charge in [0.1, 0.15) is 0 Å². The van der Waals surface area contributed by atoms with Crippen LogP contribution in [0.2, 0.25) is 0 Å². The Kier molecular flexibility index (Phi) is 4.62. The minimum atomic E-state index is -0.148. The third-order valence-electron chi connectivity index (χ3n) is 3.90. The summed E-state index contributed by atoms with van der Waals surface area (Å²) in [5.74, 6) is 0.197. The van der Waals surface area contributed by atoms with Crippen LogP contribution in [0.5, 0.6) is 0 Å². The molecule has 1 heterocycles. The standard InChI is InChI=1S/C14H23N3O3/c1-10(2)8-15-13(19)11-7-12(11)14(20)17-5-3-16(9-18)4-6-17/h9-12H,3-8H2,1-2H3,(H,15,19). The summed E-state index contributed by atoms with van der Waals surface area (Å²) in [6.07, 6.45) is 1.48.